The molecule has 0 bridgehead atoms. The molecule has 0 atom stereocenters. The second-order valence-corrected chi connectivity index (χ2v) is 7.08. The molecule has 23 heavy (non-hydrogen) atoms. The fourth-order valence-corrected chi connectivity index (χ4v) is 3.83. The quantitative estimate of drug-likeness (QED) is 0.652. The molecule has 2 aromatic heterocycles. The predicted octanol–water partition coefficient (Wildman–Crippen LogP) is 2.23. The molecule has 1 aliphatic heterocycles. The van der Waals surface area contributed by atoms with Gasteiger partial charge in [-0.25, -0.2) is 9.55 Å². The van der Waals surface area contributed by atoms with Crippen LogP contribution in [0.15, 0.2) is 30.6 Å². The molecule has 1 aliphatic rings. The minimum Gasteiger partial charge on any atom is -0.302 e. The van der Waals surface area contributed by atoms with Crippen LogP contribution < -0.4 is 9.88 Å². The van der Waals surface area contributed by atoms with Gasteiger partial charge in [-0.15, -0.1) is 11.3 Å². The van der Waals surface area contributed by atoms with Crippen LogP contribution in [0.5, 0.6) is 0 Å². The fourth-order valence-electron chi connectivity index (χ4n) is 2.72. The van der Waals surface area contributed by atoms with E-state index in [1.165, 1.54) is 4.88 Å². The van der Waals surface area contributed by atoms with Gasteiger partial charge in [0.05, 0.1) is 5.69 Å². The van der Waals surface area contributed by atoms with Crippen molar-refractivity contribution in [1.82, 2.24) is 9.88 Å². The number of nitrogens with one attached hydrogen (secondary N) is 1. The Morgan fingerprint density at radius 1 is 1.35 bits per heavy atom. The van der Waals surface area contributed by atoms with Gasteiger partial charge in [0.2, 0.25) is 5.91 Å². The molecule has 0 aliphatic carbocycles. The SMILES string of the molecule is CN1CCc2nc(NC(=O)CCCC[n+]3ccccc3)sc2C1. The van der Waals surface area contributed by atoms with E-state index in [1.807, 2.05) is 18.2 Å². The summed E-state index contributed by atoms with van der Waals surface area (Å²) in [4.78, 5) is 20.2. The van der Waals surface area contributed by atoms with Crippen molar-refractivity contribution in [2.45, 2.75) is 38.8 Å². The molecule has 0 spiro atoms. The van der Waals surface area contributed by atoms with E-state index in [4.69, 9.17) is 0 Å². The monoisotopic (exact) mass is 331 g/mol. The number of rotatable bonds is 6. The zero-order valence-electron chi connectivity index (χ0n) is 13.5. The highest BCUT2D eigenvalue weighted by Gasteiger charge is 2.18. The van der Waals surface area contributed by atoms with Crippen LogP contribution >= 0.6 is 11.3 Å². The molecule has 0 saturated carbocycles. The lowest BCUT2D eigenvalue weighted by molar-refractivity contribution is -0.697. The predicted molar refractivity (Wildman–Crippen MR) is 91.3 cm³/mol. The van der Waals surface area contributed by atoms with Crippen LogP contribution in [-0.4, -0.2) is 29.4 Å². The Morgan fingerprint density at radius 2 is 2.17 bits per heavy atom. The number of hydrogen-bond acceptors (Lipinski definition) is 4. The number of nitrogens with zero attached hydrogens (tertiary/aromatic N) is 3. The topological polar surface area (TPSA) is 49.1 Å². The summed E-state index contributed by atoms with van der Waals surface area (Å²) in [5.41, 5.74) is 1.16. The number of aryl methyl sites for hydroxylation is 1. The molecule has 3 heterocycles. The van der Waals surface area contributed by atoms with Crippen molar-refractivity contribution in [3.05, 3.63) is 41.2 Å². The Labute approximate surface area is 141 Å². The van der Waals surface area contributed by atoms with Gasteiger partial charge in [0.25, 0.3) is 0 Å². The van der Waals surface area contributed by atoms with E-state index >= 15 is 0 Å². The molecule has 0 radical (unpaired) electrons. The minimum atomic E-state index is 0.0718. The molecule has 0 unspecified atom stereocenters. The molecular formula is C17H23N4OS+. The zero-order valence-corrected chi connectivity index (χ0v) is 14.3. The van der Waals surface area contributed by atoms with Crippen molar-refractivity contribution < 1.29 is 9.36 Å². The van der Waals surface area contributed by atoms with E-state index < -0.39 is 0 Å². The molecule has 6 heteroatoms. The van der Waals surface area contributed by atoms with Gasteiger partial charge in [-0.1, -0.05) is 6.07 Å². The summed E-state index contributed by atoms with van der Waals surface area (Å²) in [6.45, 7) is 2.93. The Balaban J connectivity index is 1.41. The molecule has 122 valence electrons. The van der Waals surface area contributed by atoms with E-state index in [0.29, 0.717) is 6.42 Å². The lowest BCUT2D eigenvalue weighted by Crippen LogP contribution is -2.32. The number of thiazole rings is 1. The number of carbonyl (C=O) groups is 1. The van der Waals surface area contributed by atoms with Crippen molar-refractivity contribution in [3.8, 4) is 0 Å². The van der Waals surface area contributed by atoms with Crippen LogP contribution in [0.4, 0.5) is 5.13 Å². The average Bonchev–Trinajstić information content (AvgIpc) is 2.94. The van der Waals surface area contributed by atoms with E-state index in [1.54, 1.807) is 11.3 Å². The van der Waals surface area contributed by atoms with E-state index in [0.717, 1.165) is 49.7 Å². The number of pyridine rings is 1. The average molecular weight is 331 g/mol. The second-order valence-electron chi connectivity index (χ2n) is 6.00. The number of anilines is 1. The second kappa shape index (κ2) is 7.66. The van der Waals surface area contributed by atoms with Crippen LogP contribution in [0.1, 0.15) is 29.8 Å². The molecule has 3 rings (SSSR count). The molecule has 1 amide bonds. The van der Waals surface area contributed by atoms with Crippen molar-refractivity contribution in [2.24, 2.45) is 0 Å². The van der Waals surface area contributed by atoms with E-state index in [-0.39, 0.29) is 5.91 Å². The lowest BCUT2D eigenvalue weighted by Gasteiger charge is -2.20. The first-order valence-electron chi connectivity index (χ1n) is 8.12. The fraction of sp³-hybridized carbons (Fsp3) is 0.471. The van der Waals surface area contributed by atoms with Crippen molar-refractivity contribution >= 4 is 22.4 Å². The lowest BCUT2D eigenvalue weighted by atomic mass is 10.2. The van der Waals surface area contributed by atoms with Gasteiger partial charge in [-0.2, -0.15) is 0 Å². The smallest absolute Gasteiger partial charge is 0.226 e. The maximum Gasteiger partial charge on any atom is 0.226 e. The first kappa shape index (κ1) is 16.1. The highest BCUT2D eigenvalue weighted by atomic mass is 32.1. The number of unbranched alkanes of at least 4 members (excludes halogenated alkanes) is 1. The number of fused-ring (bicyclic) bond motifs is 1. The Kier molecular flexibility index (Phi) is 5.35. The van der Waals surface area contributed by atoms with E-state index in [2.05, 4.69) is 39.2 Å². The van der Waals surface area contributed by atoms with Gasteiger partial charge in [0.1, 0.15) is 6.54 Å². The molecule has 5 nitrogen and oxygen atoms in total. The molecular weight excluding hydrogens is 308 g/mol. The van der Waals surface area contributed by atoms with Gasteiger partial charge >= 0.3 is 0 Å². The highest BCUT2D eigenvalue weighted by Crippen LogP contribution is 2.27. The largest absolute Gasteiger partial charge is 0.302 e. The van der Waals surface area contributed by atoms with Crippen LogP contribution in [0.3, 0.4) is 0 Å². The minimum absolute atomic E-state index is 0.0718. The number of hydrogen-bond donors (Lipinski definition) is 1. The molecule has 0 aromatic carbocycles. The first-order chi connectivity index (χ1) is 11.2. The zero-order chi connectivity index (χ0) is 16.1. The Morgan fingerprint density at radius 3 is 3.00 bits per heavy atom. The number of likely N-dealkylation sites (N-methyl/N-ethyl adjacent to an activating group) is 1. The molecule has 0 fully saturated rings. The van der Waals surface area contributed by atoms with Crippen molar-refractivity contribution in [3.63, 3.8) is 0 Å². The van der Waals surface area contributed by atoms with Crippen LogP contribution in [0, 0.1) is 0 Å². The highest BCUT2D eigenvalue weighted by molar-refractivity contribution is 7.15. The van der Waals surface area contributed by atoms with Gasteiger partial charge in [0.15, 0.2) is 17.5 Å². The molecule has 1 N–H and O–H groups in total. The molecule has 2 aromatic rings. The van der Waals surface area contributed by atoms with Gasteiger partial charge in [0, 0.05) is 49.4 Å². The first-order valence-corrected chi connectivity index (χ1v) is 8.93. The van der Waals surface area contributed by atoms with Gasteiger partial charge in [-0.3, -0.25) is 4.79 Å². The molecule has 0 saturated heterocycles. The summed E-state index contributed by atoms with van der Waals surface area (Å²) in [7, 11) is 2.12. The van der Waals surface area contributed by atoms with Crippen LogP contribution in [-0.2, 0) is 24.3 Å². The summed E-state index contributed by atoms with van der Waals surface area (Å²) in [6.07, 6.45) is 7.53. The number of carbonyl (C=O) groups excluding carboxylic acids is 1. The van der Waals surface area contributed by atoms with Crippen molar-refractivity contribution in [2.75, 3.05) is 18.9 Å². The third-order valence-electron chi connectivity index (χ3n) is 4.02. The van der Waals surface area contributed by atoms with Gasteiger partial charge in [-0.05, 0) is 13.5 Å². The van der Waals surface area contributed by atoms with Crippen molar-refractivity contribution in [1.29, 1.82) is 0 Å². The summed E-state index contributed by atoms with van der Waals surface area (Å²) < 4.78 is 2.14. The maximum atomic E-state index is 12.0. The maximum absolute atomic E-state index is 12.0. The number of amides is 1. The standard InChI is InChI=1S/C17H22N4OS/c1-20-12-8-14-15(13-20)23-17(18-14)19-16(22)7-3-6-11-21-9-4-2-5-10-21/h2,4-5,9-10H,3,6-8,11-13H2,1H3/p+1. The third-order valence-corrected chi connectivity index (χ3v) is 5.01. The Bertz CT molecular complexity index is 656. The summed E-state index contributed by atoms with van der Waals surface area (Å²) in [5, 5.41) is 3.71. The normalized spacial score (nSPS) is 14.5. The van der Waals surface area contributed by atoms with Gasteiger partial charge < -0.3 is 10.2 Å². The summed E-state index contributed by atoms with van der Waals surface area (Å²) >= 11 is 1.61. The van der Waals surface area contributed by atoms with Crippen LogP contribution in [0.25, 0.3) is 0 Å². The third kappa shape index (κ3) is 4.59. The van der Waals surface area contributed by atoms with Crippen LogP contribution in [0.2, 0.25) is 0 Å². The summed E-state index contributed by atoms with van der Waals surface area (Å²) in [5.74, 6) is 0.0718. The van der Waals surface area contributed by atoms with E-state index in [9.17, 15) is 4.79 Å². The Hall–Kier alpha value is -1.79. The summed E-state index contributed by atoms with van der Waals surface area (Å²) in [6, 6.07) is 6.05. The number of aromatic nitrogens is 2.